The Kier molecular flexibility index (Phi) is 11.9. The van der Waals surface area contributed by atoms with Crippen molar-refractivity contribution < 1.29 is 14.3 Å². The van der Waals surface area contributed by atoms with Crippen LogP contribution in [0.5, 0.6) is 0 Å². The number of amides is 2. The van der Waals surface area contributed by atoms with Crippen molar-refractivity contribution in [1.29, 1.82) is 0 Å². The van der Waals surface area contributed by atoms with Gasteiger partial charge in [0, 0.05) is 87.0 Å². The van der Waals surface area contributed by atoms with Crippen molar-refractivity contribution in [3.63, 3.8) is 0 Å². The first-order chi connectivity index (χ1) is 26.7. The summed E-state index contributed by atoms with van der Waals surface area (Å²) in [4.78, 5) is 34.7. The van der Waals surface area contributed by atoms with Crippen LogP contribution in [0.15, 0.2) is 66.9 Å². The van der Waals surface area contributed by atoms with E-state index in [1.807, 2.05) is 29.9 Å². The van der Waals surface area contributed by atoms with Crippen LogP contribution in [0.1, 0.15) is 87.3 Å². The van der Waals surface area contributed by atoms with Crippen LogP contribution >= 0.6 is 0 Å². The lowest BCUT2D eigenvalue weighted by Crippen LogP contribution is -2.30. The quantitative estimate of drug-likeness (QED) is 0.111. The predicted octanol–water partition coefficient (Wildman–Crippen LogP) is 6.28. The fourth-order valence-corrected chi connectivity index (χ4v) is 7.89. The molecule has 0 aliphatic carbocycles. The van der Waals surface area contributed by atoms with Crippen LogP contribution in [0.25, 0.3) is 22.2 Å². The first kappa shape index (κ1) is 38.2. The second-order valence-electron chi connectivity index (χ2n) is 15.1. The summed E-state index contributed by atoms with van der Waals surface area (Å²) in [7, 11) is 0. The van der Waals surface area contributed by atoms with Crippen molar-refractivity contribution >= 4 is 28.5 Å². The van der Waals surface area contributed by atoms with E-state index in [-0.39, 0.29) is 30.4 Å². The van der Waals surface area contributed by atoms with Gasteiger partial charge in [0.15, 0.2) is 5.65 Å². The zero-order valence-electron chi connectivity index (χ0n) is 32.6. The molecule has 0 bridgehead atoms. The Morgan fingerprint density at radius 3 is 2.38 bits per heavy atom. The number of aryl methyl sites for hydroxylation is 4. The van der Waals surface area contributed by atoms with Crippen LogP contribution in [0.2, 0.25) is 0 Å². The molecule has 3 aromatic carbocycles. The van der Waals surface area contributed by atoms with Crippen LogP contribution in [0, 0.1) is 13.8 Å². The van der Waals surface area contributed by atoms with E-state index in [2.05, 4.69) is 89.2 Å². The molecule has 7 rings (SSSR count). The summed E-state index contributed by atoms with van der Waals surface area (Å²) in [6, 6.07) is 20.8. The Bertz CT molecular complexity index is 2170. The maximum atomic E-state index is 13.8. The first-order valence-corrected chi connectivity index (χ1v) is 19.8. The number of anilines is 1. The molecule has 0 spiro atoms. The highest BCUT2D eigenvalue weighted by atomic mass is 16.5. The molecular weight excluding hydrogens is 689 g/mol. The molecule has 4 heterocycles. The summed E-state index contributed by atoms with van der Waals surface area (Å²) in [5, 5.41) is 15.6. The number of hydrogen-bond donors (Lipinski definition) is 4. The van der Waals surface area contributed by atoms with Gasteiger partial charge in [-0.2, -0.15) is 5.10 Å². The third kappa shape index (κ3) is 8.91. The van der Waals surface area contributed by atoms with E-state index in [0.29, 0.717) is 43.9 Å². The maximum absolute atomic E-state index is 13.8. The van der Waals surface area contributed by atoms with Crippen molar-refractivity contribution in [2.24, 2.45) is 5.73 Å². The molecule has 5 N–H and O–H groups in total. The summed E-state index contributed by atoms with van der Waals surface area (Å²) in [5.41, 5.74) is 17.3. The topological polar surface area (TPSA) is 139 Å². The number of carbonyl (C=O) groups is 2. The molecular formula is C44H54N8O3. The number of pyridine rings is 1. The van der Waals surface area contributed by atoms with Gasteiger partial charge in [-0.3, -0.25) is 14.5 Å². The number of benzene rings is 3. The highest BCUT2D eigenvalue weighted by molar-refractivity contribution is 6.00. The Morgan fingerprint density at radius 2 is 1.67 bits per heavy atom. The number of ether oxygens (including phenoxy) is 1. The summed E-state index contributed by atoms with van der Waals surface area (Å²) in [6.45, 7) is 13.8. The number of aromatic nitrogens is 3. The summed E-state index contributed by atoms with van der Waals surface area (Å²) < 4.78 is 7.53. The molecule has 11 heteroatoms. The third-order valence-electron chi connectivity index (χ3n) is 10.9. The van der Waals surface area contributed by atoms with Gasteiger partial charge in [0.25, 0.3) is 11.8 Å². The van der Waals surface area contributed by atoms with Gasteiger partial charge in [-0.05, 0) is 110 Å². The SMILES string of the molecule is CCc1nc2c(cnn2CC)c(NC2CCOCC2)c1CNC(=O)c1cc(C)cc(C(=O)NCc2ccc(C)c(-c3cccc(CN4CC[C@H](N)C4)c3)c2)c1. The van der Waals surface area contributed by atoms with Gasteiger partial charge in [0.05, 0.1) is 17.3 Å². The lowest BCUT2D eigenvalue weighted by molar-refractivity contribution is 0.0904. The van der Waals surface area contributed by atoms with E-state index in [1.54, 1.807) is 6.07 Å². The first-order valence-electron chi connectivity index (χ1n) is 19.8. The van der Waals surface area contributed by atoms with Crippen molar-refractivity contribution in [2.75, 3.05) is 31.6 Å². The Balaban J connectivity index is 1.04. The largest absolute Gasteiger partial charge is 0.381 e. The van der Waals surface area contributed by atoms with E-state index in [0.717, 1.165) is 89.1 Å². The summed E-state index contributed by atoms with van der Waals surface area (Å²) in [5.74, 6) is -0.483. The molecule has 55 heavy (non-hydrogen) atoms. The Labute approximate surface area is 324 Å². The minimum atomic E-state index is -0.251. The minimum absolute atomic E-state index is 0.232. The molecule has 2 saturated heterocycles. The number of nitrogens with two attached hydrogens (primary N) is 1. The maximum Gasteiger partial charge on any atom is 0.251 e. The number of hydrogen-bond acceptors (Lipinski definition) is 8. The van der Waals surface area contributed by atoms with Crippen LogP contribution < -0.4 is 21.7 Å². The van der Waals surface area contributed by atoms with Crippen LogP contribution in [0.4, 0.5) is 5.69 Å². The summed E-state index contributed by atoms with van der Waals surface area (Å²) in [6.07, 6.45) is 5.42. The average Bonchev–Trinajstić information content (AvgIpc) is 3.81. The van der Waals surface area contributed by atoms with Crippen molar-refractivity contribution in [1.82, 2.24) is 30.3 Å². The van der Waals surface area contributed by atoms with Crippen molar-refractivity contribution in [2.45, 2.75) is 91.6 Å². The van der Waals surface area contributed by atoms with Gasteiger partial charge < -0.3 is 26.4 Å². The molecule has 5 aromatic rings. The molecule has 1 atom stereocenters. The Morgan fingerprint density at radius 1 is 0.909 bits per heavy atom. The fourth-order valence-electron chi connectivity index (χ4n) is 7.89. The second-order valence-corrected chi connectivity index (χ2v) is 15.1. The normalized spacial score (nSPS) is 16.4. The smallest absolute Gasteiger partial charge is 0.251 e. The fraction of sp³-hybridized carbons (Fsp3) is 0.409. The summed E-state index contributed by atoms with van der Waals surface area (Å²) >= 11 is 0. The molecule has 2 aliphatic heterocycles. The van der Waals surface area contributed by atoms with Crippen LogP contribution in [0.3, 0.4) is 0 Å². The lowest BCUT2D eigenvalue weighted by Gasteiger charge is -2.26. The van der Waals surface area contributed by atoms with E-state index < -0.39 is 0 Å². The highest BCUT2D eigenvalue weighted by Crippen LogP contribution is 2.32. The molecule has 0 radical (unpaired) electrons. The van der Waals surface area contributed by atoms with Crippen LogP contribution in [-0.4, -0.2) is 69.9 Å². The molecule has 288 valence electrons. The number of nitrogens with one attached hydrogen (secondary N) is 3. The zero-order chi connectivity index (χ0) is 38.5. The molecule has 2 aliphatic rings. The van der Waals surface area contributed by atoms with Gasteiger partial charge >= 0.3 is 0 Å². The van der Waals surface area contributed by atoms with Crippen molar-refractivity contribution in [3.8, 4) is 11.1 Å². The second kappa shape index (κ2) is 17.1. The van der Waals surface area contributed by atoms with Gasteiger partial charge in [-0.1, -0.05) is 37.3 Å². The number of rotatable bonds is 13. The predicted molar refractivity (Wildman–Crippen MR) is 218 cm³/mol. The Hall–Kier alpha value is -5.10. The molecule has 11 nitrogen and oxygen atoms in total. The van der Waals surface area contributed by atoms with Gasteiger partial charge in [-0.25, -0.2) is 9.67 Å². The van der Waals surface area contributed by atoms with Crippen molar-refractivity contribution in [3.05, 3.63) is 111 Å². The van der Waals surface area contributed by atoms with Gasteiger partial charge in [0.1, 0.15) is 0 Å². The molecule has 0 unspecified atom stereocenters. The number of carbonyl (C=O) groups excluding carboxylic acids is 2. The molecule has 2 aromatic heterocycles. The molecule has 0 saturated carbocycles. The van der Waals surface area contributed by atoms with E-state index in [1.165, 1.54) is 11.1 Å². The minimum Gasteiger partial charge on any atom is -0.381 e. The van der Waals surface area contributed by atoms with Gasteiger partial charge in [-0.15, -0.1) is 0 Å². The van der Waals surface area contributed by atoms with Crippen LogP contribution in [-0.2, 0) is 37.3 Å². The standard InChI is InChI=1S/C44H54N8O3/c1-5-40-38(41(49-36-13-16-55-17-14-36)39-25-48-52(6-2)42(39)50-40)24-47-44(54)34-19-28(3)18-33(22-34)43(53)46-23-30-11-10-29(4)37(21-30)32-9-7-8-31(20-32)26-51-15-12-35(45)27-51/h7-11,18-22,25,35-36H,5-6,12-17,23-24,26-27,45H2,1-4H3,(H,46,53)(H,47,54)(H,49,50)/t35-/m0/s1. The van der Waals surface area contributed by atoms with Gasteiger partial charge in [0.2, 0.25) is 0 Å². The lowest BCUT2D eigenvalue weighted by atomic mass is 9.96. The monoisotopic (exact) mass is 742 g/mol. The highest BCUT2D eigenvalue weighted by Gasteiger charge is 2.23. The zero-order valence-corrected chi connectivity index (χ0v) is 32.6. The molecule has 2 fully saturated rings. The van der Waals surface area contributed by atoms with E-state index >= 15 is 0 Å². The number of likely N-dealkylation sites (tertiary alicyclic amines) is 1. The third-order valence-corrected chi connectivity index (χ3v) is 10.9. The average molecular weight is 743 g/mol. The number of nitrogens with zero attached hydrogens (tertiary/aromatic N) is 4. The number of fused-ring (bicyclic) bond motifs is 1. The van der Waals surface area contributed by atoms with E-state index in [4.69, 9.17) is 15.5 Å². The van der Waals surface area contributed by atoms with E-state index in [9.17, 15) is 9.59 Å². The molecule has 2 amide bonds.